The number of rotatable bonds is 2. The van der Waals surface area contributed by atoms with E-state index in [0.29, 0.717) is 0 Å². The summed E-state index contributed by atoms with van der Waals surface area (Å²) in [5, 5.41) is 15.5. The Hall–Kier alpha value is 0.121. The smallest absolute Gasteiger partial charge is 0.476 e. The average Bonchev–Trinajstić information content (AvgIpc) is 2.14. The predicted octanol–water partition coefficient (Wildman–Crippen LogP) is -0.597. The molecule has 0 radical (unpaired) electrons. The van der Waals surface area contributed by atoms with E-state index >= 15 is 0 Å². The maximum Gasteiger partial charge on any atom is 1.00 e. The molecule has 17 heavy (non-hydrogen) atoms. The summed E-state index contributed by atoms with van der Waals surface area (Å²) in [4.78, 5) is 0. The molecule has 0 heterocycles. The first kappa shape index (κ1) is 19.5. The van der Waals surface area contributed by atoms with Crippen molar-refractivity contribution in [2.24, 2.45) is 0 Å². The van der Waals surface area contributed by atoms with E-state index < -0.39 is 24.3 Å². The summed E-state index contributed by atoms with van der Waals surface area (Å²) in [5.41, 5.74) is 0. The van der Waals surface area contributed by atoms with Gasteiger partial charge in [0.1, 0.15) is 0 Å². The Kier molecular flexibility index (Phi) is 6.18. The van der Waals surface area contributed by atoms with Crippen LogP contribution in [0.25, 0.3) is 0 Å². The molecular weight excluding hydrogens is 290 g/mol. The predicted molar refractivity (Wildman–Crippen MR) is 34.0 cm³/mol. The van der Waals surface area contributed by atoms with Crippen LogP contribution >= 0.6 is 0 Å². The van der Waals surface area contributed by atoms with Gasteiger partial charge in [-0.3, -0.25) is 0 Å². The summed E-state index contributed by atoms with van der Waals surface area (Å²) in [6.07, 6.45) is -12.8. The zero-order valence-electron chi connectivity index (χ0n) is 8.00. The SMILES string of the molecule is N#C[B-](F)(C#N)C(F)(F)C(F)(F)C(F)(F)F.[K+]. The van der Waals surface area contributed by atoms with Gasteiger partial charge in [-0.2, -0.15) is 22.0 Å². The van der Waals surface area contributed by atoms with Gasteiger partial charge in [0, 0.05) is 0 Å². The average molecular weight is 290 g/mol. The summed E-state index contributed by atoms with van der Waals surface area (Å²) in [7, 11) is 0. The van der Waals surface area contributed by atoms with Crippen molar-refractivity contribution in [3.05, 3.63) is 0 Å². The second kappa shape index (κ2) is 5.40. The van der Waals surface area contributed by atoms with Gasteiger partial charge in [0.05, 0.1) is 0 Å². The van der Waals surface area contributed by atoms with Gasteiger partial charge in [-0.1, -0.05) is 11.9 Å². The minimum atomic E-state index is -6.81. The van der Waals surface area contributed by atoms with Gasteiger partial charge in [-0.15, -0.1) is 0 Å². The van der Waals surface area contributed by atoms with Crippen molar-refractivity contribution in [3.8, 4) is 11.9 Å². The van der Waals surface area contributed by atoms with Crippen LogP contribution in [0.2, 0.25) is 0 Å². The molecule has 0 spiro atoms. The number of nitrogens with zero attached hydrogens (tertiary/aromatic N) is 2. The first-order valence-electron chi connectivity index (χ1n) is 3.35. The van der Waals surface area contributed by atoms with Gasteiger partial charge in [-0.25, -0.2) is 19.3 Å². The number of hydrogen-bond acceptors (Lipinski definition) is 2. The summed E-state index contributed by atoms with van der Waals surface area (Å²) in [5.74, 6) is -13.6. The van der Waals surface area contributed by atoms with Crippen LogP contribution in [0.15, 0.2) is 0 Å². The molecule has 12 heteroatoms. The fraction of sp³-hybridized carbons (Fsp3) is 0.600. The molecule has 0 unspecified atom stereocenters. The molecule has 0 aromatic carbocycles. The van der Waals surface area contributed by atoms with Crippen molar-refractivity contribution in [2.75, 3.05) is 0 Å². The quantitative estimate of drug-likeness (QED) is 0.504. The molecule has 90 valence electrons. The third-order valence-electron chi connectivity index (χ3n) is 1.63. The largest absolute Gasteiger partial charge is 1.00 e. The number of alkyl halides is 7. The molecule has 0 saturated carbocycles. The van der Waals surface area contributed by atoms with E-state index in [1.165, 1.54) is 0 Å². The summed E-state index contributed by atoms with van der Waals surface area (Å²) in [6, 6.07) is 0. The van der Waals surface area contributed by atoms with Crippen LogP contribution in [0.1, 0.15) is 0 Å². The van der Waals surface area contributed by atoms with Crippen LogP contribution in [0, 0.1) is 22.5 Å². The van der Waals surface area contributed by atoms with E-state index in [0.717, 1.165) is 0 Å². The normalized spacial score (nSPS) is 13.3. The van der Waals surface area contributed by atoms with Gasteiger partial charge < -0.3 is 4.32 Å². The summed E-state index contributed by atoms with van der Waals surface area (Å²) >= 11 is 0. The zero-order chi connectivity index (χ0) is 13.4. The van der Waals surface area contributed by atoms with E-state index in [9.17, 15) is 35.0 Å². The Morgan fingerprint density at radius 1 is 0.824 bits per heavy atom. The monoisotopic (exact) mass is 290 g/mol. The second-order valence-electron chi connectivity index (χ2n) is 2.71. The molecule has 0 amide bonds. The maximum atomic E-state index is 12.7. The zero-order valence-corrected chi connectivity index (χ0v) is 11.1. The molecule has 0 bridgehead atoms. The Balaban J connectivity index is 0. The molecule has 0 aromatic rings. The molecular formula is C5BF8KN2. The van der Waals surface area contributed by atoms with E-state index in [1.807, 2.05) is 0 Å². The van der Waals surface area contributed by atoms with E-state index in [4.69, 9.17) is 10.5 Å². The van der Waals surface area contributed by atoms with E-state index in [-0.39, 0.29) is 63.3 Å². The van der Waals surface area contributed by atoms with Gasteiger partial charge >= 0.3 is 69.9 Å². The Morgan fingerprint density at radius 3 is 1.29 bits per heavy atom. The molecule has 0 atom stereocenters. The van der Waals surface area contributed by atoms with Crippen LogP contribution in [0.3, 0.4) is 0 Å². The fourth-order valence-corrected chi connectivity index (χ4v) is 0.630. The number of halogens is 8. The Labute approximate surface area is 132 Å². The fourth-order valence-electron chi connectivity index (χ4n) is 0.630. The van der Waals surface area contributed by atoms with Crippen LogP contribution in [-0.4, -0.2) is 24.3 Å². The third-order valence-corrected chi connectivity index (χ3v) is 1.63. The Morgan fingerprint density at radius 2 is 1.12 bits per heavy atom. The Bertz CT molecular complexity index is 352. The molecule has 0 aliphatic carbocycles. The third kappa shape index (κ3) is 2.93. The molecule has 0 rings (SSSR count). The minimum Gasteiger partial charge on any atom is -0.476 e. The van der Waals surface area contributed by atoms with Gasteiger partial charge in [0.2, 0.25) is 0 Å². The van der Waals surface area contributed by atoms with Crippen molar-refractivity contribution in [1.29, 1.82) is 10.5 Å². The molecule has 0 aliphatic rings. The van der Waals surface area contributed by atoms with Crippen molar-refractivity contribution in [2.45, 2.75) is 17.9 Å². The van der Waals surface area contributed by atoms with Gasteiger partial charge in [0.25, 0.3) is 5.82 Å². The summed E-state index contributed by atoms with van der Waals surface area (Å²) < 4.78 is 96.6. The van der Waals surface area contributed by atoms with E-state index in [1.54, 1.807) is 0 Å². The van der Waals surface area contributed by atoms with Crippen LogP contribution in [0.4, 0.5) is 35.0 Å². The summed E-state index contributed by atoms with van der Waals surface area (Å²) in [6.45, 7) is 0. The first-order valence-corrected chi connectivity index (χ1v) is 3.35. The molecule has 0 saturated heterocycles. The molecule has 0 aromatic heterocycles. The molecule has 2 nitrogen and oxygen atoms in total. The topological polar surface area (TPSA) is 47.6 Å². The standard InChI is InChI=1S/C5BF8N2.K/c7-3(8,5(11,12)13)4(9,10)6(14,1-15)2-16;/q-1;+1. The maximum absolute atomic E-state index is 12.7. The van der Waals surface area contributed by atoms with Gasteiger partial charge in [-0.05, 0) is 0 Å². The molecule has 0 fully saturated rings. The van der Waals surface area contributed by atoms with Crippen LogP contribution < -0.4 is 51.4 Å². The van der Waals surface area contributed by atoms with Crippen LogP contribution in [-0.2, 0) is 0 Å². The first-order chi connectivity index (χ1) is 6.87. The van der Waals surface area contributed by atoms with Crippen molar-refractivity contribution >= 4 is 6.42 Å². The van der Waals surface area contributed by atoms with Crippen LogP contribution in [0.5, 0.6) is 0 Å². The van der Waals surface area contributed by atoms with Gasteiger partial charge in [0.15, 0.2) is 0 Å². The number of hydrogen-bond donors (Lipinski definition) is 0. The molecule has 0 aliphatic heterocycles. The molecule has 0 N–H and O–H groups in total. The van der Waals surface area contributed by atoms with Crippen molar-refractivity contribution < 1.29 is 86.4 Å². The minimum absolute atomic E-state index is 0. The number of nitriles is 2. The van der Waals surface area contributed by atoms with Crippen molar-refractivity contribution in [1.82, 2.24) is 0 Å². The van der Waals surface area contributed by atoms with E-state index in [2.05, 4.69) is 0 Å². The van der Waals surface area contributed by atoms with Crippen molar-refractivity contribution in [3.63, 3.8) is 0 Å². The second-order valence-corrected chi connectivity index (χ2v) is 2.71.